The van der Waals surface area contributed by atoms with Crippen LogP contribution in [0.3, 0.4) is 0 Å². The van der Waals surface area contributed by atoms with Crippen LogP contribution in [-0.4, -0.2) is 4.98 Å². The van der Waals surface area contributed by atoms with E-state index in [1.54, 1.807) is 0 Å². The van der Waals surface area contributed by atoms with Crippen LogP contribution in [0.1, 0.15) is 0 Å². The zero-order valence-electron chi connectivity index (χ0n) is 14.6. The first kappa shape index (κ1) is 13.6. The molecule has 0 atom stereocenters. The highest BCUT2D eigenvalue weighted by Gasteiger charge is 2.23. The molecular formula is C26H15N. The quantitative estimate of drug-likeness (QED) is 0.298. The predicted octanol–water partition coefficient (Wildman–Crippen LogP) is 7.27. The molecule has 5 aromatic carbocycles. The first-order valence-corrected chi connectivity index (χ1v) is 9.39. The topological polar surface area (TPSA) is 15.8 Å². The number of aromatic nitrogens is 1. The molecule has 0 radical (unpaired) electrons. The summed E-state index contributed by atoms with van der Waals surface area (Å²) in [6.45, 7) is 0. The third kappa shape index (κ3) is 1.56. The first-order chi connectivity index (χ1) is 13.4. The Morgan fingerprint density at radius 2 is 1.22 bits per heavy atom. The van der Waals surface area contributed by atoms with Crippen LogP contribution < -0.4 is 0 Å². The summed E-state index contributed by atoms with van der Waals surface area (Å²) in [7, 11) is 0. The number of rotatable bonds is 0. The van der Waals surface area contributed by atoms with Crippen molar-refractivity contribution in [3.8, 4) is 22.3 Å². The Morgan fingerprint density at radius 3 is 2.15 bits per heavy atom. The zero-order valence-corrected chi connectivity index (χ0v) is 14.6. The monoisotopic (exact) mass is 341 g/mol. The molecule has 7 rings (SSSR count). The van der Waals surface area contributed by atoms with Crippen LogP contribution in [0.15, 0.2) is 84.9 Å². The second-order valence-electron chi connectivity index (χ2n) is 7.45. The van der Waals surface area contributed by atoms with Gasteiger partial charge in [0.15, 0.2) is 0 Å². The summed E-state index contributed by atoms with van der Waals surface area (Å²) >= 11 is 0. The van der Waals surface area contributed by atoms with Crippen LogP contribution >= 0.6 is 0 Å². The van der Waals surface area contributed by atoms with E-state index < -0.39 is 0 Å². The Hall–Kier alpha value is -3.58. The van der Waals surface area contributed by atoms with Gasteiger partial charge < -0.3 is 4.98 Å². The van der Waals surface area contributed by atoms with Gasteiger partial charge in [-0.05, 0) is 50.5 Å². The number of fused-ring (bicyclic) bond motifs is 9. The number of nitrogens with one attached hydrogen (secondary N) is 1. The second kappa shape index (κ2) is 4.57. The van der Waals surface area contributed by atoms with Crippen LogP contribution in [0.5, 0.6) is 0 Å². The molecule has 1 heterocycles. The van der Waals surface area contributed by atoms with Gasteiger partial charge in [0.25, 0.3) is 0 Å². The third-order valence-electron chi connectivity index (χ3n) is 6.13. The standard InChI is InChI=1S/C26H15N/c1-2-7-16-15(6-1)12-13-23-25(16)22-14-21-18-9-4-3-8-17(18)19-10-5-11-20(24(19)21)26(22)27-23/h1-14,27H. The minimum absolute atomic E-state index is 1.21. The van der Waals surface area contributed by atoms with E-state index in [0.29, 0.717) is 0 Å². The highest BCUT2D eigenvalue weighted by Crippen LogP contribution is 2.50. The lowest BCUT2D eigenvalue weighted by Gasteiger charge is -2.05. The van der Waals surface area contributed by atoms with Crippen LogP contribution in [-0.2, 0) is 0 Å². The van der Waals surface area contributed by atoms with Crippen molar-refractivity contribution < 1.29 is 0 Å². The van der Waals surface area contributed by atoms with Crippen molar-refractivity contribution in [1.82, 2.24) is 4.98 Å². The van der Waals surface area contributed by atoms with E-state index in [4.69, 9.17) is 0 Å². The lowest BCUT2D eigenvalue weighted by Crippen LogP contribution is -1.79. The minimum atomic E-state index is 1.21. The van der Waals surface area contributed by atoms with E-state index in [0.717, 1.165) is 0 Å². The van der Waals surface area contributed by atoms with Crippen molar-refractivity contribution in [2.75, 3.05) is 0 Å². The molecule has 0 fully saturated rings. The normalized spacial score (nSPS) is 12.4. The fraction of sp³-hybridized carbons (Fsp3) is 0. The third-order valence-corrected chi connectivity index (χ3v) is 6.13. The number of benzene rings is 5. The van der Waals surface area contributed by atoms with E-state index in [2.05, 4.69) is 89.9 Å². The van der Waals surface area contributed by atoms with Crippen LogP contribution in [0, 0.1) is 0 Å². The summed E-state index contributed by atoms with van der Waals surface area (Å²) < 4.78 is 0. The Kier molecular flexibility index (Phi) is 2.30. The maximum absolute atomic E-state index is 3.72. The fourth-order valence-electron chi connectivity index (χ4n) is 5.01. The van der Waals surface area contributed by atoms with Crippen molar-refractivity contribution in [3.05, 3.63) is 84.9 Å². The van der Waals surface area contributed by atoms with E-state index in [1.165, 1.54) is 65.6 Å². The summed E-state index contributed by atoms with van der Waals surface area (Å²) in [5, 5.41) is 7.94. The summed E-state index contributed by atoms with van der Waals surface area (Å²) in [4.78, 5) is 3.72. The van der Waals surface area contributed by atoms with Crippen molar-refractivity contribution >= 4 is 43.4 Å². The Bertz CT molecular complexity index is 1570. The Balaban J connectivity index is 1.79. The summed E-state index contributed by atoms with van der Waals surface area (Å²) in [6, 6.07) is 31.0. The van der Waals surface area contributed by atoms with Gasteiger partial charge in [-0.25, -0.2) is 0 Å². The van der Waals surface area contributed by atoms with E-state index in [1.807, 2.05) is 0 Å². The van der Waals surface area contributed by atoms with Crippen LogP contribution in [0.25, 0.3) is 65.6 Å². The number of hydrogen-bond acceptors (Lipinski definition) is 0. The van der Waals surface area contributed by atoms with Crippen molar-refractivity contribution in [1.29, 1.82) is 0 Å². The molecule has 0 spiro atoms. The summed E-state index contributed by atoms with van der Waals surface area (Å²) in [5.41, 5.74) is 7.86. The van der Waals surface area contributed by atoms with Gasteiger partial charge in [-0.1, -0.05) is 72.8 Å². The van der Waals surface area contributed by atoms with Gasteiger partial charge in [-0.15, -0.1) is 0 Å². The molecule has 1 aromatic heterocycles. The van der Waals surface area contributed by atoms with Gasteiger partial charge in [0.2, 0.25) is 0 Å². The number of hydrogen-bond donors (Lipinski definition) is 1. The van der Waals surface area contributed by atoms with E-state index in [-0.39, 0.29) is 0 Å². The van der Waals surface area contributed by atoms with Crippen molar-refractivity contribution in [2.24, 2.45) is 0 Å². The molecule has 124 valence electrons. The van der Waals surface area contributed by atoms with Crippen molar-refractivity contribution in [3.63, 3.8) is 0 Å². The molecule has 1 heteroatoms. The molecule has 1 aliphatic carbocycles. The van der Waals surface area contributed by atoms with Gasteiger partial charge in [-0.2, -0.15) is 0 Å². The maximum Gasteiger partial charge on any atom is 0.0545 e. The lowest BCUT2D eigenvalue weighted by molar-refractivity contribution is 1.57. The molecule has 1 aliphatic rings. The molecule has 1 N–H and O–H groups in total. The molecule has 0 saturated heterocycles. The zero-order chi connectivity index (χ0) is 17.5. The molecule has 27 heavy (non-hydrogen) atoms. The average molecular weight is 341 g/mol. The fourth-order valence-corrected chi connectivity index (χ4v) is 5.01. The number of aromatic amines is 1. The molecule has 0 aliphatic heterocycles. The van der Waals surface area contributed by atoms with Gasteiger partial charge in [0, 0.05) is 21.7 Å². The first-order valence-electron chi connectivity index (χ1n) is 9.39. The second-order valence-corrected chi connectivity index (χ2v) is 7.45. The maximum atomic E-state index is 3.72. The SMILES string of the molecule is c1ccc2c(c1)-c1cccc3c1c-2cc1c3[nH]c2ccc3ccccc3c21. The molecule has 1 nitrogen and oxygen atoms in total. The van der Waals surface area contributed by atoms with Crippen LogP contribution in [0.4, 0.5) is 0 Å². The molecule has 6 aromatic rings. The largest absolute Gasteiger partial charge is 0.354 e. The van der Waals surface area contributed by atoms with Crippen molar-refractivity contribution in [2.45, 2.75) is 0 Å². The average Bonchev–Trinajstić information content (AvgIpc) is 3.27. The minimum Gasteiger partial charge on any atom is -0.354 e. The number of H-pyrrole nitrogens is 1. The Labute approximate surface area is 155 Å². The smallest absolute Gasteiger partial charge is 0.0545 e. The van der Waals surface area contributed by atoms with Gasteiger partial charge in [-0.3, -0.25) is 0 Å². The van der Waals surface area contributed by atoms with Gasteiger partial charge in [0.1, 0.15) is 0 Å². The lowest BCUT2D eigenvalue weighted by atomic mass is 9.97. The van der Waals surface area contributed by atoms with Gasteiger partial charge in [0.05, 0.1) is 5.52 Å². The molecule has 0 amide bonds. The Morgan fingerprint density at radius 1 is 0.481 bits per heavy atom. The van der Waals surface area contributed by atoms with E-state index >= 15 is 0 Å². The highest BCUT2D eigenvalue weighted by atomic mass is 14.7. The van der Waals surface area contributed by atoms with Crippen LogP contribution in [0.2, 0.25) is 0 Å². The molecule has 0 bridgehead atoms. The predicted molar refractivity (Wildman–Crippen MR) is 115 cm³/mol. The van der Waals surface area contributed by atoms with Gasteiger partial charge >= 0.3 is 0 Å². The summed E-state index contributed by atoms with van der Waals surface area (Å²) in [6.07, 6.45) is 0. The molecular weight excluding hydrogens is 326 g/mol. The summed E-state index contributed by atoms with van der Waals surface area (Å²) in [5.74, 6) is 0. The van der Waals surface area contributed by atoms with E-state index in [9.17, 15) is 0 Å². The molecule has 0 unspecified atom stereocenters. The molecule has 0 saturated carbocycles. The highest BCUT2D eigenvalue weighted by molar-refractivity contribution is 6.30.